The van der Waals surface area contributed by atoms with Gasteiger partial charge in [0.2, 0.25) is 0 Å². The van der Waals surface area contributed by atoms with Gasteiger partial charge in [0, 0.05) is 26.9 Å². The second-order valence-corrected chi connectivity index (χ2v) is 4.69. The molecule has 96 valence electrons. The molecule has 0 radical (unpaired) electrons. The number of anilines is 1. The molecular formula is C12H17BrClNO2. The van der Waals surface area contributed by atoms with Gasteiger partial charge in [0.1, 0.15) is 0 Å². The van der Waals surface area contributed by atoms with Gasteiger partial charge in [-0.05, 0) is 34.5 Å². The highest BCUT2D eigenvalue weighted by Gasteiger charge is 2.02. The van der Waals surface area contributed by atoms with E-state index in [0.717, 1.165) is 36.3 Å². The van der Waals surface area contributed by atoms with Gasteiger partial charge in [0.05, 0.1) is 21.8 Å². The van der Waals surface area contributed by atoms with Gasteiger partial charge in [0.25, 0.3) is 0 Å². The summed E-state index contributed by atoms with van der Waals surface area (Å²) >= 11 is 9.41. The van der Waals surface area contributed by atoms with E-state index in [4.69, 9.17) is 21.1 Å². The maximum absolute atomic E-state index is 5.98. The van der Waals surface area contributed by atoms with Crippen LogP contribution in [0.3, 0.4) is 0 Å². The van der Waals surface area contributed by atoms with Crippen LogP contribution >= 0.6 is 27.5 Å². The number of methoxy groups -OCH3 is 1. The average molecular weight is 323 g/mol. The summed E-state index contributed by atoms with van der Waals surface area (Å²) in [5.41, 5.74) is 0.984. The van der Waals surface area contributed by atoms with Crippen molar-refractivity contribution >= 4 is 33.2 Å². The Kier molecular flexibility index (Phi) is 7.60. The zero-order valence-corrected chi connectivity index (χ0v) is 12.2. The van der Waals surface area contributed by atoms with E-state index < -0.39 is 0 Å². The lowest BCUT2D eigenvalue weighted by atomic mass is 10.3. The fraction of sp³-hybridized carbons (Fsp3) is 0.500. The van der Waals surface area contributed by atoms with Crippen LogP contribution < -0.4 is 5.32 Å². The van der Waals surface area contributed by atoms with Crippen molar-refractivity contribution in [3.05, 3.63) is 27.7 Å². The summed E-state index contributed by atoms with van der Waals surface area (Å²) < 4.78 is 11.3. The molecule has 0 heterocycles. The summed E-state index contributed by atoms with van der Waals surface area (Å²) in [6, 6.07) is 5.73. The predicted octanol–water partition coefficient (Wildman–Crippen LogP) is 3.57. The molecule has 0 aliphatic heterocycles. The fourth-order valence-electron chi connectivity index (χ4n) is 1.31. The highest BCUT2D eigenvalue weighted by molar-refractivity contribution is 9.10. The van der Waals surface area contributed by atoms with Gasteiger partial charge in [0.15, 0.2) is 0 Å². The molecule has 1 aromatic rings. The first kappa shape index (κ1) is 14.8. The third kappa shape index (κ3) is 5.73. The van der Waals surface area contributed by atoms with Gasteiger partial charge in [-0.3, -0.25) is 0 Å². The normalized spacial score (nSPS) is 10.5. The van der Waals surface area contributed by atoms with Crippen molar-refractivity contribution in [1.29, 1.82) is 0 Å². The van der Waals surface area contributed by atoms with E-state index in [-0.39, 0.29) is 0 Å². The smallest absolute Gasteiger partial charge is 0.0639 e. The minimum atomic E-state index is 0.669. The van der Waals surface area contributed by atoms with Crippen molar-refractivity contribution in [3.63, 3.8) is 0 Å². The number of hydrogen-bond acceptors (Lipinski definition) is 3. The maximum Gasteiger partial charge on any atom is 0.0639 e. The van der Waals surface area contributed by atoms with Gasteiger partial charge in [-0.15, -0.1) is 0 Å². The third-order valence-electron chi connectivity index (χ3n) is 2.15. The lowest BCUT2D eigenvalue weighted by molar-refractivity contribution is 0.109. The zero-order valence-electron chi connectivity index (χ0n) is 9.84. The van der Waals surface area contributed by atoms with E-state index in [0.29, 0.717) is 11.6 Å². The van der Waals surface area contributed by atoms with Crippen molar-refractivity contribution in [2.24, 2.45) is 0 Å². The Hall–Kier alpha value is -0.290. The maximum atomic E-state index is 5.98. The molecule has 0 bridgehead atoms. The van der Waals surface area contributed by atoms with Gasteiger partial charge < -0.3 is 14.8 Å². The molecule has 0 amide bonds. The Morgan fingerprint density at radius 3 is 2.88 bits per heavy atom. The summed E-state index contributed by atoms with van der Waals surface area (Å²) in [4.78, 5) is 0. The standard InChI is InChI=1S/C12H17BrClNO2/c1-16-7-3-8-17-9-6-15-11-5-2-4-10(14)12(11)13/h2,4-5,15H,3,6-9H2,1H3. The summed E-state index contributed by atoms with van der Waals surface area (Å²) in [6.07, 6.45) is 0.928. The van der Waals surface area contributed by atoms with Crippen molar-refractivity contribution < 1.29 is 9.47 Å². The highest BCUT2D eigenvalue weighted by atomic mass is 79.9. The molecule has 0 fully saturated rings. The van der Waals surface area contributed by atoms with Crippen LogP contribution in [0.15, 0.2) is 22.7 Å². The fourth-order valence-corrected chi connectivity index (χ4v) is 1.88. The minimum Gasteiger partial charge on any atom is -0.385 e. The lowest BCUT2D eigenvalue weighted by Crippen LogP contribution is -2.11. The Bertz CT molecular complexity index is 336. The number of halogens is 2. The average Bonchev–Trinajstić information content (AvgIpc) is 2.33. The molecule has 0 spiro atoms. The van der Waals surface area contributed by atoms with Crippen LogP contribution in [0.1, 0.15) is 6.42 Å². The molecule has 5 heteroatoms. The molecule has 0 aliphatic rings. The molecule has 1 aromatic carbocycles. The van der Waals surface area contributed by atoms with E-state index in [1.807, 2.05) is 18.2 Å². The molecule has 0 unspecified atom stereocenters. The molecule has 0 aliphatic carbocycles. The number of rotatable bonds is 8. The molecular weight excluding hydrogens is 305 g/mol. The molecule has 3 nitrogen and oxygen atoms in total. The van der Waals surface area contributed by atoms with Crippen molar-refractivity contribution in [2.45, 2.75) is 6.42 Å². The van der Waals surface area contributed by atoms with Gasteiger partial charge in [-0.25, -0.2) is 0 Å². The molecule has 1 N–H and O–H groups in total. The summed E-state index contributed by atoms with van der Waals surface area (Å²) in [7, 11) is 1.69. The summed E-state index contributed by atoms with van der Waals surface area (Å²) in [5.74, 6) is 0. The molecule has 0 saturated carbocycles. The number of hydrogen-bond donors (Lipinski definition) is 1. The van der Waals surface area contributed by atoms with E-state index in [9.17, 15) is 0 Å². The minimum absolute atomic E-state index is 0.669. The van der Waals surface area contributed by atoms with Crippen LogP contribution in [-0.4, -0.2) is 33.5 Å². The van der Waals surface area contributed by atoms with Crippen LogP contribution in [0, 0.1) is 0 Å². The first-order valence-electron chi connectivity index (χ1n) is 5.50. The molecule has 0 atom stereocenters. The molecule has 1 rings (SSSR count). The van der Waals surface area contributed by atoms with Crippen LogP contribution in [0.25, 0.3) is 0 Å². The van der Waals surface area contributed by atoms with E-state index in [1.165, 1.54) is 0 Å². The Morgan fingerprint density at radius 2 is 2.12 bits per heavy atom. The Labute approximate surface area is 116 Å². The van der Waals surface area contributed by atoms with E-state index in [2.05, 4.69) is 21.2 Å². The Morgan fingerprint density at radius 1 is 1.29 bits per heavy atom. The van der Waals surface area contributed by atoms with Gasteiger partial charge in [-0.2, -0.15) is 0 Å². The quantitative estimate of drug-likeness (QED) is 0.742. The summed E-state index contributed by atoms with van der Waals surface area (Å²) in [5, 5.41) is 3.96. The number of ether oxygens (including phenoxy) is 2. The predicted molar refractivity (Wildman–Crippen MR) is 75.0 cm³/mol. The van der Waals surface area contributed by atoms with Crippen molar-refractivity contribution in [2.75, 3.05) is 38.8 Å². The summed E-state index contributed by atoms with van der Waals surface area (Å²) in [6.45, 7) is 2.90. The molecule has 17 heavy (non-hydrogen) atoms. The van der Waals surface area contributed by atoms with Crippen LogP contribution in [-0.2, 0) is 9.47 Å². The van der Waals surface area contributed by atoms with Crippen LogP contribution in [0.2, 0.25) is 5.02 Å². The largest absolute Gasteiger partial charge is 0.385 e. The van der Waals surface area contributed by atoms with Crippen molar-refractivity contribution in [1.82, 2.24) is 0 Å². The number of benzene rings is 1. The topological polar surface area (TPSA) is 30.5 Å². The van der Waals surface area contributed by atoms with Gasteiger partial charge >= 0.3 is 0 Å². The van der Waals surface area contributed by atoms with Crippen LogP contribution in [0.5, 0.6) is 0 Å². The zero-order chi connectivity index (χ0) is 12.5. The van der Waals surface area contributed by atoms with E-state index >= 15 is 0 Å². The monoisotopic (exact) mass is 321 g/mol. The van der Waals surface area contributed by atoms with E-state index in [1.54, 1.807) is 7.11 Å². The second kappa shape index (κ2) is 8.75. The van der Waals surface area contributed by atoms with Crippen LogP contribution in [0.4, 0.5) is 5.69 Å². The number of nitrogens with one attached hydrogen (secondary N) is 1. The first-order chi connectivity index (χ1) is 8.25. The van der Waals surface area contributed by atoms with Crippen molar-refractivity contribution in [3.8, 4) is 0 Å². The van der Waals surface area contributed by atoms with Gasteiger partial charge in [-0.1, -0.05) is 17.7 Å². The second-order valence-electron chi connectivity index (χ2n) is 3.49. The molecule has 0 saturated heterocycles. The first-order valence-corrected chi connectivity index (χ1v) is 6.67. The molecule has 0 aromatic heterocycles. The lowest BCUT2D eigenvalue weighted by Gasteiger charge is -2.09. The SMILES string of the molecule is COCCCOCCNc1cccc(Cl)c1Br. The third-order valence-corrected chi connectivity index (χ3v) is 3.55. The Balaban J connectivity index is 2.16. The highest BCUT2D eigenvalue weighted by Crippen LogP contribution is 2.29.